The molecule has 0 aliphatic carbocycles. The number of aryl methyl sites for hydroxylation is 1. The van der Waals surface area contributed by atoms with Crippen molar-refractivity contribution in [3.63, 3.8) is 0 Å². The fraction of sp³-hybridized carbons (Fsp3) is 0.455. The van der Waals surface area contributed by atoms with Crippen LogP contribution in [-0.2, 0) is 7.05 Å². The summed E-state index contributed by atoms with van der Waals surface area (Å²) >= 11 is 0. The number of rotatable bonds is 5. The third kappa shape index (κ3) is 3.86. The summed E-state index contributed by atoms with van der Waals surface area (Å²) in [4.78, 5) is 11.5. The van der Waals surface area contributed by atoms with Gasteiger partial charge in [0, 0.05) is 26.2 Å². The second-order valence-electron chi connectivity index (χ2n) is 3.32. The van der Waals surface area contributed by atoms with Gasteiger partial charge in [-0.15, -0.1) is 12.3 Å². The normalized spacial score (nSPS) is 9.60. The summed E-state index contributed by atoms with van der Waals surface area (Å²) in [5.74, 6) is 2.48. The maximum atomic E-state index is 11.5. The Balaban J connectivity index is 2.23. The number of carbonyl (C=O) groups excluding carboxylic acids is 1. The van der Waals surface area contributed by atoms with Gasteiger partial charge in [-0.05, 0) is 12.8 Å². The van der Waals surface area contributed by atoms with E-state index in [4.69, 9.17) is 6.42 Å². The first-order chi connectivity index (χ1) is 7.24. The Morgan fingerprint density at radius 1 is 1.67 bits per heavy atom. The van der Waals surface area contributed by atoms with Gasteiger partial charge in [0.2, 0.25) is 0 Å². The number of hydrogen-bond donors (Lipinski definition) is 1. The fourth-order valence-corrected chi connectivity index (χ4v) is 1.19. The molecule has 0 spiro atoms. The second-order valence-corrected chi connectivity index (χ2v) is 3.32. The highest BCUT2D eigenvalue weighted by Gasteiger charge is 2.05. The first-order valence-corrected chi connectivity index (χ1v) is 4.94. The molecule has 1 aromatic rings. The quantitative estimate of drug-likeness (QED) is 0.574. The van der Waals surface area contributed by atoms with Crippen molar-refractivity contribution in [2.24, 2.45) is 7.05 Å². The van der Waals surface area contributed by atoms with Gasteiger partial charge in [-0.1, -0.05) is 0 Å². The molecule has 0 aliphatic rings. The molecular formula is C11H15N3O. The Morgan fingerprint density at radius 2 is 2.47 bits per heavy atom. The van der Waals surface area contributed by atoms with Gasteiger partial charge in [0.25, 0.3) is 5.91 Å². The molecule has 1 N–H and O–H groups in total. The maximum Gasteiger partial charge on any atom is 0.254 e. The number of unbranched alkanes of at least 4 members (excludes halogenated alkanes) is 2. The average Bonchev–Trinajstić information content (AvgIpc) is 2.64. The van der Waals surface area contributed by atoms with Crippen LogP contribution >= 0.6 is 0 Å². The van der Waals surface area contributed by atoms with Crippen molar-refractivity contribution in [3.05, 3.63) is 18.0 Å². The summed E-state index contributed by atoms with van der Waals surface area (Å²) in [6.07, 6.45) is 11.0. The monoisotopic (exact) mass is 205 g/mol. The van der Waals surface area contributed by atoms with E-state index in [1.807, 2.05) is 0 Å². The van der Waals surface area contributed by atoms with Crippen molar-refractivity contribution in [1.82, 2.24) is 15.1 Å². The van der Waals surface area contributed by atoms with Crippen LogP contribution in [0.25, 0.3) is 0 Å². The number of nitrogens with one attached hydrogen (secondary N) is 1. The zero-order valence-electron chi connectivity index (χ0n) is 8.86. The van der Waals surface area contributed by atoms with E-state index in [2.05, 4.69) is 16.3 Å². The molecule has 4 nitrogen and oxygen atoms in total. The lowest BCUT2D eigenvalue weighted by Gasteiger charge is -2.01. The number of amides is 1. The van der Waals surface area contributed by atoms with Crippen LogP contribution in [-0.4, -0.2) is 22.2 Å². The minimum atomic E-state index is -0.0798. The van der Waals surface area contributed by atoms with Crippen LogP contribution < -0.4 is 5.32 Å². The predicted octanol–water partition coefficient (Wildman–Crippen LogP) is 0.953. The number of terminal acetylenes is 1. The van der Waals surface area contributed by atoms with E-state index < -0.39 is 0 Å². The van der Waals surface area contributed by atoms with Crippen molar-refractivity contribution < 1.29 is 4.79 Å². The lowest BCUT2D eigenvalue weighted by Crippen LogP contribution is -2.23. The minimum absolute atomic E-state index is 0.0798. The van der Waals surface area contributed by atoms with E-state index >= 15 is 0 Å². The van der Waals surface area contributed by atoms with Gasteiger partial charge in [-0.25, -0.2) is 0 Å². The number of nitrogens with zero attached hydrogens (tertiary/aromatic N) is 2. The highest BCUT2D eigenvalue weighted by Crippen LogP contribution is 1.96. The molecule has 0 saturated heterocycles. The van der Waals surface area contributed by atoms with Crippen molar-refractivity contribution in [2.75, 3.05) is 6.54 Å². The minimum Gasteiger partial charge on any atom is -0.352 e. The highest BCUT2D eigenvalue weighted by molar-refractivity contribution is 5.93. The molecular weight excluding hydrogens is 190 g/mol. The van der Waals surface area contributed by atoms with Crippen LogP contribution in [0.15, 0.2) is 12.4 Å². The van der Waals surface area contributed by atoms with Gasteiger partial charge < -0.3 is 5.32 Å². The number of aromatic nitrogens is 2. The molecule has 1 heterocycles. The molecule has 80 valence electrons. The summed E-state index contributed by atoms with van der Waals surface area (Å²) in [6.45, 7) is 0.662. The van der Waals surface area contributed by atoms with Gasteiger partial charge in [-0.2, -0.15) is 5.10 Å². The maximum absolute atomic E-state index is 11.5. The van der Waals surface area contributed by atoms with E-state index in [1.165, 1.54) is 0 Å². The molecule has 0 bridgehead atoms. The average molecular weight is 205 g/mol. The van der Waals surface area contributed by atoms with Gasteiger partial charge in [0.1, 0.15) is 0 Å². The van der Waals surface area contributed by atoms with Gasteiger partial charge in [0.05, 0.1) is 11.8 Å². The van der Waals surface area contributed by atoms with Gasteiger partial charge in [-0.3, -0.25) is 9.48 Å². The molecule has 0 saturated carbocycles. The fourth-order valence-electron chi connectivity index (χ4n) is 1.19. The Morgan fingerprint density at radius 3 is 3.07 bits per heavy atom. The molecule has 0 fully saturated rings. The van der Waals surface area contributed by atoms with Crippen molar-refractivity contribution in [2.45, 2.75) is 19.3 Å². The molecule has 0 aromatic carbocycles. The predicted molar refractivity (Wildman–Crippen MR) is 58.2 cm³/mol. The molecule has 15 heavy (non-hydrogen) atoms. The van der Waals surface area contributed by atoms with Crippen LogP contribution in [0.5, 0.6) is 0 Å². The molecule has 1 rings (SSSR count). The summed E-state index contributed by atoms with van der Waals surface area (Å²) in [7, 11) is 1.78. The second kappa shape index (κ2) is 5.86. The van der Waals surface area contributed by atoms with E-state index in [0.29, 0.717) is 12.1 Å². The van der Waals surface area contributed by atoms with Crippen molar-refractivity contribution in [3.8, 4) is 12.3 Å². The summed E-state index contributed by atoms with van der Waals surface area (Å²) in [6, 6.07) is 0. The molecule has 0 radical (unpaired) electrons. The van der Waals surface area contributed by atoms with E-state index in [0.717, 1.165) is 19.3 Å². The van der Waals surface area contributed by atoms with Crippen LogP contribution in [0.3, 0.4) is 0 Å². The lowest BCUT2D eigenvalue weighted by molar-refractivity contribution is 0.0953. The Hall–Kier alpha value is -1.76. The third-order valence-corrected chi connectivity index (χ3v) is 2.00. The molecule has 0 aliphatic heterocycles. The van der Waals surface area contributed by atoms with Crippen LogP contribution in [0.4, 0.5) is 0 Å². The van der Waals surface area contributed by atoms with Gasteiger partial charge in [0.15, 0.2) is 0 Å². The van der Waals surface area contributed by atoms with E-state index in [9.17, 15) is 4.79 Å². The third-order valence-electron chi connectivity index (χ3n) is 2.00. The smallest absolute Gasteiger partial charge is 0.254 e. The highest BCUT2D eigenvalue weighted by atomic mass is 16.1. The first-order valence-electron chi connectivity index (χ1n) is 4.94. The van der Waals surface area contributed by atoms with Crippen molar-refractivity contribution in [1.29, 1.82) is 0 Å². The Kier molecular flexibility index (Phi) is 4.42. The van der Waals surface area contributed by atoms with Crippen LogP contribution in [0.1, 0.15) is 29.6 Å². The van der Waals surface area contributed by atoms with E-state index in [1.54, 1.807) is 24.1 Å². The van der Waals surface area contributed by atoms with Crippen molar-refractivity contribution >= 4 is 5.91 Å². The molecule has 4 heteroatoms. The van der Waals surface area contributed by atoms with Crippen LogP contribution in [0.2, 0.25) is 0 Å². The lowest BCUT2D eigenvalue weighted by atomic mass is 10.2. The van der Waals surface area contributed by atoms with Crippen LogP contribution in [0, 0.1) is 12.3 Å². The zero-order chi connectivity index (χ0) is 11.1. The molecule has 0 unspecified atom stereocenters. The summed E-state index contributed by atoms with van der Waals surface area (Å²) < 4.78 is 1.60. The van der Waals surface area contributed by atoms with E-state index in [-0.39, 0.29) is 5.91 Å². The topological polar surface area (TPSA) is 46.9 Å². The largest absolute Gasteiger partial charge is 0.352 e. The Labute approximate surface area is 89.7 Å². The van der Waals surface area contributed by atoms with Gasteiger partial charge >= 0.3 is 0 Å². The standard InChI is InChI=1S/C11H15N3O/c1-3-4-5-6-7-12-11(15)10-8-13-14(2)9-10/h1,8-9H,4-7H2,2H3,(H,12,15). The zero-order valence-corrected chi connectivity index (χ0v) is 8.86. The number of carbonyl (C=O) groups is 1. The number of hydrogen-bond acceptors (Lipinski definition) is 2. The Bertz CT molecular complexity index is 362. The summed E-state index contributed by atoms with van der Waals surface area (Å²) in [5.41, 5.74) is 0.592. The summed E-state index contributed by atoms with van der Waals surface area (Å²) in [5, 5.41) is 6.73. The first kappa shape index (κ1) is 11.3. The molecule has 0 atom stereocenters. The molecule has 1 aromatic heterocycles. The SMILES string of the molecule is C#CCCCCNC(=O)c1cnn(C)c1. The molecule has 1 amide bonds.